The van der Waals surface area contributed by atoms with E-state index in [-0.39, 0.29) is 0 Å². The maximum absolute atomic E-state index is 5.62. The lowest BCUT2D eigenvalue weighted by Crippen LogP contribution is -2.26. The fourth-order valence-electron chi connectivity index (χ4n) is 3.96. The minimum absolute atomic E-state index is 0.333. The van der Waals surface area contributed by atoms with Crippen LogP contribution in [0.2, 0.25) is 0 Å². The summed E-state index contributed by atoms with van der Waals surface area (Å²) in [6.07, 6.45) is 9.50. The van der Waals surface area contributed by atoms with Crippen molar-refractivity contribution in [3.8, 4) is 16.9 Å². The standard InChI is InChI=1S/C25H31N5O2/c1-18(22-8-11-32-17-22)29-25-12-19(6-10-27-25)14-26-9-7-20-4-5-21(13-24(20)31-3)23-15-28-30(2)16-23/h4-6,10,12-16,18,22H,7-9,11,17H2,1-3H3,(H,27,29). The molecule has 3 aromatic rings. The largest absolute Gasteiger partial charge is 0.496 e. The van der Waals surface area contributed by atoms with Crippen molar-refractivity contribution in [2.24, 2.45) is 18.0 Å². The van der Waals surface area contributed by atoms with Crippen LogP contribution >= 0.6 is 0 Å². The Morgan fingerprint density at radius 3 is 2.97 bits per heavy atom. The minimum atomic E-state index is 0.333. The first-order chi connectivity index (χ1) is 15.6. The Labute approximate surface area is 189 Å². The quantitative estimate of drug-likeness (QED) is 0.517. The molecule has 1 saturated heterocycles. The number of rotatable bonds is 9. The van der Waals surface area contributed by atoms with Crippen LogP contribution in [0.4, 0.5) is 5.82 Å². The molecule has 4 rings (SSSR count). The van der Waals surface area contributed by atoms with Gasteiger partial charge in [-0.3, -0.25) is 9.67 Å². The first-order valence-corrected chi connectivity index (χ1v) is 11.1. The highest BCUT2D eigenvalue weighted by Crippen LogP contribution is 2.27. The van der Waals surface area contributed by atoms with Gasteiger partial charge in [-0.1, -0.05) is 12.1 Å². The number of aromatic nitrogens is 3. The van der Waals surface area contributed by atoms with Crippen molar-refractivity contribution in [2.45, 2.75) is 25.8 Å². The lowest BCUT2D eigenvalue weighted by molar-refractivity contribution is 0.183. The van der Waals surface area contributed by atoms with E-state index in [2.05, 4.69) is 45.5 Å². The van der Waals surface area contributed by atoms with Gasteiger partial charge in [-0.05, 0) is 54.7 Å². The number of nitrogens with zero attached hydrogens (tertiary/aromatic N) is 4. The molecule has 168 valence electrons. The summed E-state index contributed by atoms with van der Waals surface area (Å²) in [6.45, 7) is 4.55. The van der Waals surface area contributed by atoms with Gasteiger partial charge in [-0.2, -0.15) is 5.10 Å². The highest BCUT2D eigenvalue weighted by atomic mass is 16.5. The molecule has 1 aromatic carbocycles. The summed E-state index contributed by atoms with van der Waals surface area (Å²) >= 11 is 0. The molecule has 7 heteroatoms. The number of hydrogen-bond acceptors (Lipinski definition) is 6. The van der Waals surface area contributed by atoms with Gasteiger partial charge in [-0.25, -0.2) is 4.98 Å². The molecule has 0 aliphatic carbocycles. The molecule has 7 nitrogen and oxygen atoms in total. The lowest BCUT2D eigenvalue weighted by Gasteiger charge is -2.19. The average Bonchev–Trinajstić information content (AvgIpc) is 3.49. The molecule has 1 aliphatic heterocycles. The predicted molar refractivity (Wildman–Crippen MR) is 128 cm³/mol. The summed E-state index contributed by atoms with van der Waals surface area (Å²) in [4.78, 5) is 9.07. The van der Waals surface area contributed by atoms with Crippen LogP contribution in [0.3, 0.4) is 0 Å². The van der Waals surface area contributed by atoms with E-state index in [0.29, 0.717) is 18.5 Å². The molecule has 0 spiro atoms. The Kier molecular flexibility index (Phi) is 7.17. The van der Waals surface area contributed by atoms with Crippen molar-refractivity contribution in [2.75, 3.05) is 32.2 Å². The van der Waals surface area contributed by atoms with Crippen LogP contribution in [0.15, 0.2) is 53.9 Å². The van der Waals surface area contributed by atoms with Gasteiger partial charge in [0, 0.05) is 56.3 Å². The zero-order chi connectivity index (χ0) is 22.3. The van der Waals surface area contributed by atoms with Gasteiger partial charge in [-0.15, -0.1) is 0 Å². The molecule has 0 radical (unpaired) electrons. The number of aliphatic imine (C=N–C) groups is 1. The topological polar surface area (TPSA) is 73.6 Å². The van der Waals surface area contributed by atoms with Crippen LogP contribution in [0.1, 0.15) is 24.5 Å². The Hall–Kier alpha value is -3.19. The number of methoxy groups -OCH3 is 1. The molecule has 0 saturated carbocycles. The average molecular weight is 434 g/mol. The number of ether oxygens (including phenoxy) is 2. The third kappa shape index (κ3) is 5.53. The van der Waals surface area contributed by atoms with Crippen LogP contribution in [0, 0.1) is 5.92 Å². The zero-order valence-corrected chi connectivity index (χ0v) is 19.0. The molecule has 1 fully saturated rings. The molecule has 2 unspecified atom stereocenters. The van der Waals surface area contributed by atoms with Crippen molar-refractivity contribution < 1.29 is 9.47 Å². The molecule has 2 atom stereocenters. The maximum atomic E-state index is 5.62. The fourth-order valence-corrected chi connectivity index (χ4v) is 3.96. The molecule has 1 N–H and O–H groups in total. The summed E-state index contributed by atoms with van der Waals surface area (Å²) in [5.74, 6) is 2.29. The molecular formula is C25H31N5O2. The predicted octanol–water partition coefficient (Wildman–Crippen LogP) is 3.99. The summed E-state index contributed by atoms with van der Waals surface area (Å²) in [5.41, 5.74) is 4.35. The summed E-state index contributed by atoms with van der Waals surface area (Å²) in [7, 11) is 3.62. The van der Waals surface area contributed by atoms with Gasteiger partial charge in [0.05, 0.1) is 19.9 Å². The number of nitrogens with one attached hydrogen (secondary N) is 1. The van der Waals surface area contributed by atoms with Crippen molar-refractivity contribution in [1.29, 1.82) is 0 Å². The second-order valence-electron chi connectivity index (χ2n) is 8.25. The van der Waals surface area contributed by atoms with Crippen LogP contribution < -0.4 is 10.1 Å². The smallest absolute Gasteiger partial charge is 0.126 e. The Morgan fingerprint density at radius 1 is 1.31 bits per heavy atom. The van der Waals surface area contributed by atoms with Crippen molar-refractivity contribution >= 4 is 12.0 Å². The van der Waals surface area contributed by atoms with Crippen LogP contribution in [0.25, 0.3) is 11.1 Å². The van der Waals surface area contributed by atoms with Gasteiger partial charge in [0.25, 0.3) is 0 Å². The minimum Gasteiger partial charge on any atom is -0.496 e. The fraction of sp³-hybridized carbons (Fsp3) is 0.400. The summed E-state index contributed by atoms with van der Waals surface area (Å²) < 4.78 is 12.9. The number of pyridine rings is 1. The van der Waals surface area contributed by atoms with Gasteiger partial charge in [0.1, 0.15) is 11.6 Å². The third-order valence-electron chi connectivity index (χ3n) is 5.91. The van der Waals surface area contributed by atoms with Gasteiger partial charge < -0.3 is 14.8 Å². The molecule has 32 heavy (non-hydrogen) atoms. The van der Waals surface area contributed by atoms with E-state index in [1.165, 1.54) is 0 Å². The van der Waals surface area contributed by atoms with Crippen molar-refractivity contribution in [3.63, 3.8) is 0 Å². The first-order valence-electron chi connectivity index (χ1n) is 11.1. The zero-order valence-electron chi connectivity index (χ0n) is 19.0. The van der Waals surface area contributed by atoms with Crippen LogP contribution in [-0.2, 0) is 18.2 Å². The SMILES string of the molecule is COc1cc(-c2cnn(C)c2)ccc1CCN=Cc1ccnc(NC(C)C2CCOC2)c1. The van der Waals surface area contributed by atoms with Crippen LogP contribution in [0.5, 0.6) is 5.75 Å². The molecule has 0 amide bonds. The van der Waals surface area contributed by atoms with Crippen molar-refractivity contribution in [1.82, 2.24) is 14.8 Å². The molecular weight excluding hydrogens is 402 g/mol. The molecule has 2 aromatic heterocycles. The first kappa shape index (κ1) is 22.0. The van der Waals surface area contributed by atoms with Gasteiger partial charge in [0.2, 0.25) is 0 Å². The molecule has 0 bridgehead atoms. The monoisotopic (exact) mass is 433 g/mol. The second kappa shape index (κ2) is 10.4. The molecule has 3 heterocycles. The van der Waals surface area contributed by atoms with E-state index in [4.69, 9.17) is 9.47 Å². The Morgan fingerprint density at radius 2 is 2.22 bits per heavy atom. The normalized spacial score (nSPS) is 17.0. The number of anilines is 1. The van der Waals surface area contributed by atoms with E-state index in [1.54, 1.807) is 11.8 Å². The number of benzene rings is 1. The summed E-state index contributed by atoms with van der Waals surface area (Å²) in [5, 5.41) is 7.74. The third-order valence-corrected chi connectivity index (χ3v) is 5.91. The molecule has 1 aliphatic rings. The van der Waals surface area contributed by atoms with Crippen LogP contribution in [-0.4, -0.2) is 53.9 Å². The van der Waals surface area contributed by atoms with Crippen molar-refractivity contribution in [3.05, 3.63) is 60.0 Å². The van der Waals surface area contributed by atoms with Gasteiger partial charge in [0.15, 0.2) is 0 Å². The Bertz CT molecular complexity index is 1060. The van der Waals surface area contributed by atoms with Gasteiger partial charge >= 0.3 is 0 Å². The Balaban J connectivity index is 1.34. The van der Waals surface area contributed by atoms with E-state index in [9.17, 15) is 0 Å². The highest BCUT2D eigenvalue weighted by Gasteiger charge is 2.22. The lowest BCUT2D eigenvalue weighted by atomic mass is 10.0. The van der Waals surface area contributed by atoms with E-state index in [0.717, 1.165) is 59.9 Å². The van der Waals surface area contributed by atoms with E-state index in [1.807, 2.05) is 44.0 Å². The number of hydrogen-bond donors (Lipinski definition) is 1. The highest BCUT2D eigenvalue weighted by molar-refractivity contribution is 5.80. The maximum Gasteiger partial charge on any atom is 0.126 e. The van der Waals surface area contributed by atoms with E-state index >= 15 is 0 Å². The summed E-state index contributed by atoms with van der Waals surface area (Å²) in [6, 6.07) is 10.6. The van der Waals surface area contributed by atoms with E-state index < -0.39 is 0 Å². The number of aryl methyl sites for hydroxylation is 1. The second-order valence-corrected chi connectivity index (χ2v) is 8.25.